The number of hydrogen-bond acceptors (Lipinski definition) is 3. The summed E-state index contributed by atoms with van der Waals surface area (Å²) in [5, 5.41) is 9.06. The van der Waals surface area contributed by atoms with Crippen molar-refractivity contribution in [3.05, 3.63) is 23.2 Å². The van der Waals surface area contributed by atoms with Crippen LogP contribution in [0, 0.1) is 11.3 Å². The molecule has 0 fully saturated rings. The predicted molar refractivity (Wildman–Crippen MR) is 66.1 cm³/mol. The van der Waals surface area contributed by atoms with Crippen molar-refractivity contribution in [3.63, 3.8) is 0 Å². The van der Waals surface area contributed by atoms with Crippen molar-refractivity contribution in [2.75, 3.05) is 25.6 Å². The minimum Gasteiger partial charge on any atom is -0.495 e. The number of rotatable bonds is 5. The van der Waals surface area contributed by atoms with E-state index in [1.807, 2.05) is 25.2 Å². The molecule has 3 nitrogen and oxygen atoms in total. The molecule has 0 saturated carbocycles. The van der Waals surface area contributed by atoms with Crippen molar-refractivity contribution >= 4 is 17.3 Å². The quantitative estimate of drug-likeness (QED) is 0.740. The van der Waals surface area contributed by atoms with E-state index in [2.05, 4.69) is 11.0 Å². The van der Waals surface area contributed by atoms with Gasteiger partial charge in [-0.2, -0.15) is 5.26 Å². The van der Waals surface area contributed by atoms with Crippen molar-refractivity contribution in [3.8, 4) is 11.8 Å². The van der Waals surface area contributed by atoms with Crippen LogP contribution in [0.3, 0.4) is 0 Å². The molecule has 0 saturated heterocycles. The van der Waals surface area contributed by atoms with Crippen molar-refractivity contribution in [2.45, 2.75) is 12.8 Å². The molecule has 0 unspecified atom stereocenters. The lowest BCUT2D eigenvalue weighted by atomic mass is 10.2. The Morgan fingerprint density at radius 3 is 2.81 bits per heavy atom. The minimum absolute atomic E-state index is 0.578. The third kappa shape index (κ3) is 3.32. The first-order chi connectivity index (χ1) is 7.69. The molecule has 1 rings (SSSR count). The molecule has 86 valence electrons. The molecular formula is C12H15ClN2O. The standard InChI is InChI=1S/C12H15ClN2O/c1-15(8-4-3-7-14)10-5-6-12(16-2)11(13)9-10/h5-6,9H,3-4,8H2,1-2H3. The third-order valence-electron chi connectivity index (χ3n) is 2.36. The summed E-state index contributed by atoms with van der Waals surface area (Å²) < 4.78 is 5.08. The van der Waals surface area contributed by atoms with Gasteiger partial charge in [0.05, 0.1) is 18.2 Å². The van der Waals surface area contributed by atoms with Crippen LogP contribution < -0.4 is 9.64 Å². The number of anilines is 1. The van der Waals surface area contributed by atoms with E-state index in [9.17, 15) is 0 Å². The normalized spacial score (nSPS) is 9.62. The van der Waals surface area contributed by atoms with Gasteiger partial charge in [-0.3, -0.25) is 0 Å². The molecule has 4 heteroatoms. The molecular weight excluding hydrogens is 224 g/mol. The zero-order valence-corrected chi connectivity index (χ0v) is 10.3. The van der Waals surface area contributed by atoms with Gasteiger partial charge < -0.3 is 9.64 Å². The summed E-state index contributed by atoms with van der Waals surface area (Å²) in [6, 6.07) is 7.80. The first kappa shape index (κ1) is 12.7. The number of benzene rings is 1. The van der Waals surface area contributed by atoms with Crippen LogP contribution in [0.25, 0.3) is 0 Å². The van der Waals surface area contributed by atoms with Crippen molar-refractivity contribution in [2.24, 2.45) is 0 Å². The van der Waals surface area contributed by atoms with E-state index in [1.165, 1.54) is 0 Å². The fraction of sp³-hybridized carbons (Fsp3) is 0.417. The Bertz CT molecular complexity index is 387. The van der Waals surface area contributed by atoms with Crippen molar-refractivity contribution < 1.29 is 4.74 Å². The molecule has 0 aliphatic heterocycles. The summed E-state index contributed by atoms with van der Waals surface area (Å²) in [4.78, 5) is 2.07. The van der Waals surface area contributed by atoms with Gasteiger partial charge in [0.2, 0.25) is 0 Å². The second-order valence-corrected chi connectivity index (χ2v) is 3.91. The van der Waals surface area contributed by atoms with E-state index in [1.54, 1.807) is 7.11 Å². The second-order valence-electron chi connectivity index (χ2n) is 3.50. The first-order valence-electron chi connectivity index (χ1n) is 5.10. The van der Waals surface area contributed by atoms with E-state index in [4.69, 9.17) is 21.6 Å². The largest absolute Gasteiger partial charge is 0.495 e. The van der Waals surface area contributed by atoms with E-state index in [0.29, 0.717) is 17.2 Å². The third-order valence-corrected chi connectivity index (χ3v) is 2.65. The number of nitriles is 1. The molecule has 0 aliphatic rings. The summed E-state index contributed by atoms with van der Waals surface area (Å²) in [5.74, 6) is 0.677. The molecule has 0 spiro atoms. The minimum atomic E-state index is 0.578. The van der Waals surface area contributed by atoms with Gasteiger partial charge in [0.25, 0.3) is 0 Å². The summed E-state index contributed by atoms with van der Waals surface area (Å²) >= 11 is 6.03. The van der Waals surface area contributed by atoms with Gasteiger partial charge in [-0.15, -0.1) is 0 Å². The van der Waals surface area contributed by atoms with Crippen LogP contribution in [0.4, 0.5) is 5.69 Å². The van der Waals surface area contributed by atoms with E-state index >= 15 is 0 Å². The zero-order valence-electron chi connectivity index (χ0n) is 9.53. The number of halogens is 1. The number of unbranched alkanes of at least 4 members (excludes halogenated alkanes) is 1. The number of methoxy groups -OCH3 is 1. The van der Waals surface area contributed by atoms with Crippen LogP contribution in [0.1, 0.15) is 12.8 Å². The van der Waals surface area contributed by atoms with E-state index in [-0.39, 0.29) is 0 Å². The lowest BCUT2D eigenvalue weighted by Gasteiger charge is -2.19. The van der Waals surface area contributed by atoms with Gasteiger partial charge in [-0.1, -0.05) is 11.6 Å². The summed E-state index contributed by atoms with van der Waals surface area (Å²) in [5.41, 5.74) is 1.03. The number of hydrogen-bond donors (Lipinski definition) is 0. The van der Waals surface area contributed by atoms with Gasteiger partial charge in [0.15, 0.2) is 0 Å². The van der Waals surface area contributed by atoms with Crippen LogP contribution in [-0.2, 0) is 0 Å². The molecule has 16 heavy (non-hydrogen) atoms. The predicted octanol–water partition coefficient (Wildman–Crippen LogP) is 3.09. The van der Waals surface area contributed by atoms with E-state index in [0.717, 1.165) is 18.7 Å². The topological polar surface area (TPSA) is 36.3 Å². The van der Waals surface area contributed by atoms with Crippen LogP contribution in [0.5, 0.6) is 5.75 Å². The van der Waals surface area contributed by atoms with E-state index < -0.39 is 0 Å². The number of nitrogens with zero attached hydrogens (tertiary/aromatic N) is 2. The fourth-order valence-corrected chi connectivity index (χ4v) is 1.67. The lowest BCUT2D eigenvalue weighted by Crippen LogP contribution is -2.18. The van der Waals surface area contributed by atoms with Gasteiger partial charge in [-0.25, -0.2) is 0 Å². The van der Waals surface area contributed by atoms with Crippen LogP contribution in [-0.4, -0.2) is 20.7 Å². The maximum Gasteiger partial charge on any atom is 0.137 e. The second kappa shape index (κ2) is 6.24. The van der Waals surface area contributed by atoms with Crippen molar-refractivity contribution in [1.82, 2.24) is 0 Å². The molecule has 0 N–H and O–H groups in total. The Labute approximate surface area is 101 Å². The molecule has 0 atom stereocenters. The van der Waals surface area contributed by atoms with Gasteiger partial charge in [-0.05, 0) is 24.6 Å². The molecule has 0 bridgehead atoms. The Kier molecular flexibility index (Phi) is 4.94. The average molecular weight is 239 g/mol. The fourth-order valence-electron chi connectivity index (χ4n) is 1.42. The zero-order chi connectivity index (χ0) is 12.0. The molecule has 0 radical (unpaired) electrons. The molecule has 1 aromatic rings. The highest BCUT2D eigenvalue weighted by atomic mass is 35.5. The first-order valence-corrected chi connectivity index (χ1v) is 5.48. The molecule has 0 aromatic heterocycles. The van der Waals surface area contributed by atoms with Gasteiger partial charge in [0.1, 0.15) is 5.75 Å². The Hall–Kier alpha value is -1.40. The monoisotopic (exact) mass is 238 g/mol. The maximum atomic E-state index is 8.46. The SMILES string of the molecule is COc1ccc(N(C)CCCC#N)cc1Cl. The van der Waals surface area contributed by atoms with Crippen LogP contribution >= 0.6 is 11.6 Å². The lowest BCUT2D eigenvalue weighted by molar-refractivity contribution is 0.415. The Morgan fingerprint density at radius 1 is 1.50 bits per heavy atom. The van der Waals surface area contributed by atoms with Gasteiger partial charge >= 0.3 is 0 Å². The summed E-state index contributed by atoms with van der Waals surface area (Å²) in [7, 11) is 3.58. The summed E-state index contributed by atoms with van der Waals surface area (Å²) in [6.07, 6.45) is 1.44. The highest BCUT2D eigenvalue weighted by Gasteiger charge is 2.05. The summed E-state index contributed by atoms with van der Waals surface area (Å²) in [6.45, 7) is 0.843. The van der Waals surface area contributed by atoms with Crippen LogP contribution in [0.15, 0.2) is 18.2 Å². The smallest absolute Gasteiger partial charge is 0.137 e. The maximum absolute atomic E-state index is 8.46. The van der Waals surface area contributed by atoms with Gasteiger partial charge in [0, 0.05) is 25.7 Å². The highest BCUT2D eigenvalue weighted by molar-refractivity contribution is 6.32. The Morgan fingerprint density at radius 2 is 2.25 bits per heavy atom. The highest BCUT2D eigenvalue weighted by Crippen LogP contribution is 2.28. The number of ether oxygens (including phenoxy) is 1. The molecule has 0 aliphatic carbocycles. The molecule has 0 heterocycles. The molecule has 0 amide bonds. The Balaban J connectivity index is 2.66. The van der Waals surface area contributed by atoms with Crippen LogP contribution in [0.2, 0.25) is 5.02 Å². The average Bonchev–Trinajstić information content (AvgIpc) is 2.29. The molecule has 1 aromatic carbocycles. The van der Waals surface area contributed by atoms with Crippen molar-refractivity contribution in [1.29, 1.82) is 5.26 Å².